The van der Waals surface area contributed by atoms with E-state index in [1.54, 1.807) is 6.21 Å². The van der Waals surface area contributed by atoms with Crippen molar-refractivity contribution in [2.75, 3.05) is 6.61 Å². The van der Waals surface area contributed by atoms with Crippen molar-refractivity contribution >= 4 is 28.1 Å². The Labute approximate surface area is 151 Å². The third-order valence-corrected chi connectivity index (χ3v) is 4.18. The number of nitrogens with one attached hydrogen (secondary N) is 1. The zero-order valence-electron chi connectivity index (χ0n) is 14.0. The fourth-order valence-electron chi connectivity index (χ4n) is 2.07. The van der Waals surface area contributed by atoms with Crippen LogP contribution in [0.4, 0.5) is 0 Å². The topological polar surface area (TPSA) is 50.7 Å². The van der Waals surface area contributed by atoms with Crippen LogP contribution in [0.1, 0.15) is 36.5 Å². The van der Waals surface area contributed by atoms with Crippen LogP contribution in [0.3, 0.4) is 0 Å². The molecule has 126 valence electrons. The Morgan fingerprint density at radius 2 is 2.04 bits per heavy atom. The molecule has 0 heterocycles. The minimum Gasteiger partial charge on any atom is -0.483 e. The Morgan fingerprint density at radius 1 is 1.29 bits per heavy atom. The van der Waals surface area contributed by atoms with Gasteiger partial charge >= 0.3 is 0 Å². The summed E-state index contributed by atoms with van der Waals surface area (Å²) in [5.41, 5.74) is 5.74. The second kappa shape index (κ2) is 8.64. The Hall–Kier alpha value is -2.14. The van der Waals surface area contributed by atoms with Crippen LogP contribution in [0.25, 0.3) is 0 Å². The molecule has 4 nitrogen and oxygen atoms in total. The van der Waals surface area contributed by atoms with Crippen LogP contribution in [0.5, 0.6) is 5.75 Å². The fourth-order valence-corrected chi connectivity index (χ4v) is 2.59. The predicted molar refractivity (Wildman–Crippen MR) is 101 cm³/mol. The number of carbonyl (C=O) groups is 1. The molecule has 0 spiro atoms. The summed E-state index contributed by atoms with van der Waals surface area (Å²) in [7, 11) is 0. The van der Waals surface area contributed by atoms with Gasteiger partial charge in [-0.3, -0.25) is 4.79 Å². The Bertz CT molecular complexity index is 742. The number of halogens is 1. The molecule has 1 amide bonds. The molecule has 0 unspecified atom stereocenters. The van der Waals surface area contributed by atoms with Gasteiger partial charge in [0.25, 0.3) is 5.91 Å². The number of nitrogens with zero attached hydrogens (tertiary/aromatic N) is 1. The van der Waals surface area contributed by atoms with Gasteiger partial charge in [-0.1, -0.05) is 44.2 Å². The zero-order valence-corrected chi connectivity index (χ0v) is 15.6. The molecule has 0 bridgehead atoms. The average molecular weight is 389 g/mol. The number of amides is 1. The smallest absolute Gasteiger partial charge is 0.277 e. The summed E-state index contributed by atoms with van der Waals surface area (Å²) < 4.78 is 6.36. The molecule has 1 N–H and O–H groups in total. The van der Waals surface area contributed by atoms with Gasteiger partial charge in [0.15, 0.2) is 6.61 Å². The van der Waals surface area contributed by atoms with Crippen molar-refractivity contribution in [3.63, 3.8) is 0 Å². The summed E-state index contributed by atoms with van der Waals surface area (Å²) in [6.07, 6.45) is 1.63. The van der Waals surface area contributed by atoms with E-state index in [-0.39, 0.29) is 12.5 Å². The minimum atomic E-state index is -0.306. The van der Waals surface area contributed by atoms with Gasteiger partial charge in [-0.15, -0.1) is 0 Å². The summed E-state index contributed by atoms with van der Waals surface area (Å²) in [5.74, 6) is 0.770. The van der Waals surface area contributed by atoms with Gasteiger partial charge in [0.2, 0.25) is 0 Å². The number of hydrazone groups is 1. The molecule has 0 saturated carbocycles. The Morgan fingerprint density at radius 3 is 2.71 bits per heavy atom. The van der Waals surface area contributed by atoms with Crippen LogP contribution in [-0.2, 0) is 4.79 Å². The molecule has 0 saturated heterocycles. The number of hydrogen-bond acceptors (Lipinski definition) is 3. The number of rotatable bonds is 6. The van der Waals surface area contributed by atoms with Gasteiger partial charge in [0.1, 0.15) is 5.75 Å². The molecule has 0 fully saturated rings. The zero-order chi connectivity index (χ0) is 17.5. The van der Waals surface area contributed by atoms with Crippen LogP contribution in [0, 0.1) is 6.92 Å². The normalized spacial score (nSPS) is 11.0. The van der Waals surface area contributed by atoms with Crippen LogP contribution < -0.4 is 10.2 Å². The highest BCUT2D eigenvalue weighted by Gasteiger charge is 2.07. The van der Waals surface area contributed by atoms with E-state index in [4.69, 9.17) is 4.74 Å². The first-order chi connectivity index (χ1) is 11.5. The summed E-state index contributed by atoms with van der Waals surface area (Å²) in [5, 5.41) is 3.96. The first-order valence-electron chi connectivity index (χ1n) is 7.77. The molecule has 0 aliphatic heterocycles. The van der Waals surface area contributed by atoms with Crippen molar-refractivity contribution < 1.29 is 9.53 Å². The van der Waals surface area contributed by atoms with E-state index in [0.717, 1.165) is 15.6 Å². The van der Waals surface area contributed by atoms with E-state index >= 15 is 0 Å². The van der Waals surface area contributed by atoms with E-state index < -0.39 is 0 Å². The lowest BCUT2D eigenvalue weighted by molar-refractivity contribution is -0.123. The van der Waals surface area contributed by atoms with Gasteiger partial charge < -0.3 is 4.74 Å². The Balaban J connectivity index is 1.86. The molecule has 2 aromatic rings. The second-order valence-electron chi connectivity index (χ2n) is 5.78. The number of hydrogen-bond donors (Lipinski definition) is 1. The van der Waals surface area contributed by atoms with Crippen LogP contribution in [0.15, 0.2) is 52.0 Å². The third kappa shape index (κ3) is 5.20. The SMILES string of the molecule is Cc1ccccc1/C=N/NC(=O)COc1ccc(C(C)C)cc1Br. The predicted octanol–water partition coefficient (Wildman–Crippen LogP) is 4.41. The summed E-state index contributed by atoms with van der Waals surface area (Å²) >= 11 is 3.47. The molecular weight excluding hydrogens is 368 g/mol. The van der Waals surface area contributed by atoms with Crippen molar-refractivity contribution in [1.29, 1.82) is 0 Å². The van der Waals surface area contributed by atoms with Gasteiger partial charge in [-0.25, -0.2) is 5.43 Å². The average Bonchev–Trinajstić information content (AvgIpc) is 2.55. The molecule has 5 heteroatoms. The lowest BCUT2D eigenvalue weighted by atomic mass is 10.0. The van der Waals surface area contributed by atoms with Gasteiger partial charge in [-0.2, -0.15) is 5.10 Å². The van der Waals surface area contributed by atoms with Crippen molar-refractivity contribution in [1.82, 2.24) is 5.43 Å². The number of aryl methyl sites for hydroxylation is 1. The summed E-state index contributed by atoms with van der Waals surface area (Å²) in [6, 6.07) is 13.7. The van der Waals surface area contributed by atoms with E-state index in [2.05, 4.69) is 40.3 Å². The van der Waals surface area contributed by atoms with E-state index in [1.165, 1.54) is 5.56 Å². The highest BCUT2D eigenvalue weighted by Crippen LogP contribution is 2.28. The van der Waals surface area contributed by atoms with E-state index in [9.17, 15) is 4.79 Å². The molecule has 0 radical (unpaired) electrons. The van der Waals surface area contributed by atoms with Crippen LogP contribution in [0.2, 0.25) is 0 Å². The third-order valence-electron chi connectivity index (χ3n) is 3.56. The monoisotopic (exact) mass is 388 g/mol. The molecule has 2 rings (SSSR count). The maximum absolute atomic E-state index is 11.8. The number of benzene rings is 2. The Kier molecular flexibility index (Phi) is 6.55. The molecular formula is C19H21BrN2O2. The highest BCUT2D eigenvalue weighted by atomic mass is 79.9. The van der Waals surface area contributed by atoms with Gasteiger partial charge in [-0.05, 0) is 57.6 Å². The lowest BCUT2D eigenvalue weighted by Crippen LogP contribution is -2.24. The van der Waals surface area contributed by atoms with Gasteiger partial charge in [0, 0.05) is 0 Å². The molecule has 0 aliphatic rings. The first-order valence-corrected chi connectivity index (χ1v) is 8.56. The van der Waals surface area contributed by atoms with Crippen molar-refractivity contribution in [3.05, 3.63) is 63.6 Å². The second-order valence-corrected chi connectivity index (χ2v) is 6.64. The van der Waals surface area contributed by atoms with Crippen LogP contribution in [-0.4, -0.2) is 18.7 Å². The minimum absolute atomic E-state index is 0.0925. The van der Waals surface area contributed by atoms with Crippen LogP contribution >= 0.6 is 15.9 Å². The maximum atomic E-state index is 11.8. The quantitative estimate of drug-likeness (QED) is 0.588. The van der Waals surface area contributed by atoms with Gasteiger partial charge in [0.05, 0.1) is 10.7 Å². The van der Waals surface area contributed by atoms with Crippen molar-refractivity contribution in [3.8, 4) is 5.75 Å². The largest absolute Gasteiger partial charge is 0.483 e. The summed E-state index contributed by atoms with van der Waals surface area (Å²) in [6.45, 7) is 6.15. The first kappa shape index (κ1) is 18.2. The molecule has 0 aliphatic carbocycles. The molecule has 2 aromatic carbocycles. The standard InChI is InChI=1S/C19H21BrN2O2/c1-13(2)15-8-9-18(17(20)10-15)24-12-19(23)22-21-11-16-7-5-4-6-14(16)3/h4-11,13H,12H2,1-3H3,(H,22,23)/b21-11+. The summed E-state index contributed by atoms with van der Waals surface area (Å²) in [4.78, 5) is 11.8. The fraction of sp³-hybridized carbons (Fsp3) is 0.263. The van der Waals surface area contributed by atoms with Crippen molar-refractivity contribution in [2.24, 2.45) is 5.10 Å². The molecule has 0 atom stereocenters. The number of carbonyl (C=O) groups excluding carboxylic acids is 1. The van der Waals surface area contributed by atoms with E-state index in [1.807, 2.05) is 49.4 Å². The molecule has 0 aromatic heterocycles. The molecule has 24 heavy (non-hydrogen) atoms. The number of ether oxygens (including phenoxy) is 1. The lowest BCUT2D eigenvalue weighted by Gasteiger charge is -2.10. The highest BCUT2D eigenvalue weighted by molar-refractivity contribution is 9.10. The van der Waals surface area contributed by atoms with E-state index in [0.29, 0.717) is 11.7 Å². The maximum Gasteiger partial charge on any atom is 0.277 e. The van der Waals surface area contributed by atoms with Crippen molar-refractivity contribution in [2.45, 2.75) is 26.7 Å².